The van der Waals surface area contributed by atoms with Gasteiger partial charge < -0.3 is 14.5 Å². The van der Waals surface area contributed by atoms with Crippen LogP contribution in [0.15, 0.2) is 16.9 Å². The molecule has 3 atom stereocenters. The first-order valence-electron chi connectivity index (χ1n) is 6.02. The molecule has 0 aliphatic carbocycles. The second-order valence-corrected chi connectivity index (χ2v) is 7.56. The Morgan fingerprint density at radius 2 is 2.33 bits per heavy atom. The van der Waals surface area contributed by atoms with E-state index in [2.05, 4.69) is 10.1 Å². The van der Waals surface area contributed by atoms with Gasteiger partial charge in [-0.3, -0.25) is 4.79 Å². The average molecular weight is 313 g/mol. The summed E-state index contributed by atoms with van der Waals surface area (Å²) < 4.78 is 28.0. The highest BCUT2D eigenvalue weighted by molar-refractivity contribution is 7.94. The van der Waals surface area contributed by atoms with Gasteiger partial charge in [-0.2, -0.15) is 4.98 Å². The predicted molar refractivity (Wildman–Crippen MR) is 67.3 cm³/mol. The van der Waals surface area contributed by atoms with Gasteiger partial charge in [-0.15, -0.1) is 0 Å². The zero-order valence-corrected chi connectivity index (χ0v) is 11.6. The van der Waals surface area contributed by atoms with Crippen molar-refractivity contribution < 1.29 is 27.6 Å². The summed E-state index contributed by atoms with van der Waals surface area (Å²) in [6, 6.07) is -1.46. The number of hydrogen-bond acceptors (Lipinski definition) is 7. The summed E-state index contributed by atoms with van der Waals surface area (Å²) >= 11 is 0. The molecule has 0 saturated carbocycles. The van der Waals surface area contributed by atoms with Gasteiger partial charge in [-0.05, 0) is 6.92 Å². The normalized spacial score (nSPS) is 34.0. The highest BCUT2D eigenvalue weighted by Gasteiger charge is 2.69. The molecule has 1 aromatic heterocycles. The van der Waals surface area contributed by atoms with Gasteiger partial charge in [0.2, 0.25) is 11.8 Å². The molecule has 3 rings (SSSR count). The molecule has 1 amide bonds. The summed E-state index contributed by atoms with van der Waals surface area (Å²) in [4.78, 5) is 27.6. The minimum Gasteiger partial charge on any atom is -0.480 e. The average Bonchev–Trinajstić information content (AvgIpc) is 2.95. The number of β-lactam (4-membered cyclic amide) rings is 1. The number of nitrogens with zero attached hydrogens (tertiary/aromatic N) is 3. The fourth-order valence-corrected chi connectivity index (χ4v) is 5.01. The van der Waals surface area contributed by atoms with Crippen molar-refractivity contribution in [1.82, 2.24) is 15.0 Å². The lowest BCUT2D eigenvalue weighted by Gasteiger charge is -2.35. The van der Waals surface area contributed by atoms with E-state index in [9.17, 15) is 23.1 Å². The molecule has 1 aromatic rings. The Morgan fingerprint density at radius 3 is 2.86 bits per heavy atom. The molecule has 0 radical (unpaired) electrons. The van der Waals surface area contributed by atoms with Gasteiger partial charge in [0, 0.05) is 6.08 Å². The molecular formula is C11H11N3O6S. The van der Waals surface area contributed by atoms with E-state index >= 15 is 0 Å². The first kappa shape index (κ1) is 13.7. The smallest absolute Gasteiger partial charge is 0.328 e. The van der Waals surface area contributed by atoms with Crippen LogP contribution in [0.4, 0.5) is 0 Å². The summed E-state index contributed by atoms with van der Waals surface area (Å²) in [6.45, 7) is 1.28. The Hall–Kier alpha value is -2.23. The van der Waals surface area contributed by atoms with Crippen LogP contribution in [-0.2, 0) is 19.4 Å². The van der Waals surface area contributed by atoms with Gasteiger partial charge in [0.15, 0.2) is 22.2 Å². The predicted octanol–water partition coefficient (Wildman–Crippen LogP) is -0.718. The van der Waals surface area contributed by atoms with Gasteiger partial charge in [-0.1, -0.05) is 11.2 Å². The van der Waals surface area contributed by atoms with E-state index in [1.165, 1.54) is 19.1 Å². The molecule has 0 bridgehead atoms. The topological polar surface area (TPSA) is 131 Å². The first-order chi connectivity index (χ1) is 9.79. The number of aromatic nitrogens is 2. The van der Waals surface area contributed by atoms with Crippen LogP contribution < -0.4 is 0 Å². The van der Waals surface area contributed by atoms with Crippen molar-refractivity contribution >= 4 is 27.8 Å². The molecule has 2 saturated heterocycles. The fraction of sp³-hybridized carbons (Fsp3) is 0.455. The van der Waals surface area contributed by atoms with Crippen LogP contribution in [-0.4, -0.2) is 56.6 Å². The zero-order valence-electron chi connectivity index (χ0n) is 10.8. The molecule has 0 unspecified atom stereocenters. The maximum absolute atomic E-state index is 12.5. The number of carbonyl (C=O) groups is 2. The molecule has 2 aliphatic rings. The quantitative estimate of drug-likeness (QED) is 0.723. The van der Waals surface area contributed by atoms with Crippen LogP contribution in [0.2, 0.25) is 0 Å². The van der Waals surface area contributed by atoms with E-state index in [-0.39, 0.29) is 12.3 Å². The van der Waals surface area contributed by atoms with Crippen molar-refractivity contribution in [3.63, 3.8) is 0 Å². The van der Waals surface area contributed by atoms with Gasteiger partial charge in [0.25, 0.3) is 0 Å². The first-order valence-corrected chi connectivity index (χ1v) is 7.57. The molecular weight excluding hydrogens is 302 g/mol. The van der Waals surface area contributed by atoms with E-state index in [1.807, 2.05) is 0 Å². The minimum absolute atomic E-state index is 0.0520. The van der Waals surface area contributed by atoms with Gasteiger partial charge >= 0.3 is 5.97 Å². The van der Waals surface area contributed by atoms with Crippen LogP contribution in [0, 0.1) is 0 Å². The van der Waals surface area contributed by atoms with Crippen LogP contribution in [0.1, 0.15) is 19.2 Å². The number of carbonyl (C=O) groups excluding carboxylic acids is 1. The molecule has 2 aliphatic heterocycles. The zero-order chi connectivity index (χ0) is 15.4. The summed E-state index contributed by atoms with van der Waals surface area (Å²) in [5, 5.41) is 11.6. The Morgan fingerprint density at radius 1 is 1.62 bits per heavy atom. The van der Waals surface area contributed by atoms with Crippen LogP contribution in [0.5, 0.6) is 0 Å². The lowest BCUT2D eigenvalue weighted by molar-refractivity contribution is -0.157. The lowest BCUT2D eigenvalue weighted by Crippen LogP contribution is -2.57. The number of rotatable bonds is 3. The van der Waals surface area contributed by atoms with Crippen LogP contribution >= 0.6 is 0 Å². The van der Waals surface area contributed by atoms with Gasteiger partial charge in [0.1, 0.15) is 10.1 Å². The van der Waals surface area contributed by atoms with Crippen molar-refractivity contribution in [2.75, 3.05) is 0 Å². The monoisotopic (exact) mass is 313 g/mol. The highest BCUT2D eigenvalue weighted by atomic mass is 32.2. The lowest BCUT2D eigenvalue weighted by atomic mass is 9.96. The van der Waals surface area contributed by atoms with Crippen LogP contribution in [0.25, 0.3) is 6.08 Å². The number of fused-ring (bicyclic) bond motifs is 1. The number of aliphatic carboxylic acids is 1. The summed E-state index contributed by atoms with van der Waals surface area (Å²) in [7, 11) is -3.86. The number of sulfone groups is 1. The Balaban J connectivity index is 2.08. The van der Waals surface area contributed by atoms with E-state index in [0.717, 1.165) is 11.2 Å². The van der Waals surface area contributed by atoms with Crippen molar-refractivity contribution in [2.24, 2.45) is 0 Å². The number of amides is 1. The maximum atomic E-state index is 12.5. The second kappa shape index (κ2) is 4.13. The highest BCUT2D eigenvalue weighted by Crippen LogP contribution is 2.46. The Bertz CT molecular complexity index is 740. The Labute approximate surface area is 119 Å². The van der Waals surface area contributed by atoms with Crippen molar-refractivity contribution in [3.05, 3.63) is 18.3 Å². The number of hydrogen-bond donors (Lipinski definition) is 1. The summed E-state index contributed by atoms with van der Waals surface area (Å²) in [6.07, 6.45) is 3.39. The third kappa shape index (κ3) is 1.65. The molecule has 112 valence electrons. The minimum atomic E-state index is -3.86. The van der Waals surface area contributed by atoms with Crippen molar-refractivity contribution in [3.8, 4) is 0 Å². The third-order valence-corrected chi connectivity index (χ3v) is 6.60. The molecule has 3 heterocycles. The second-order valence-electron chi connectivity index (χ2n) is 5.04. The fourth-order valence-electron chi connectivity index (χ4n) is 2.74. The molecule has 2 fully saturated rings. The maximum Gasteiger partial charge on any atom is 0.328 e. The summed E-state index contributed by atoms with van der Waals surface area (Å²) in [5.74, 6) is -1.80. The SMILES string of the molecule is C[C@]1(/C=C/c2ncno2)[C@H](C(=O)O)N2C(=O)C[C@H]2S1(=O)=O. The van der Waals surface area contributed by atoms with Gasteiger partial charge in [0.05, 0.1) is 6.42 Å². The third-order valence-electron chi connectivity index (χ3n) is 3.91. The Kier molecular flexibility index (Phi) is 2.70. The van der Waals surface area contributed by atoms with Gasteiger partial charge in [-0.25, -0.2) is 13.2 Å². The largest absolute Gasteiger partial charge is 0.480 e. The summed E-state index contributed by atoms with van der Waals surface area (Å²) in [5.41, 5.74) is 0. The van der Waals surface area contributed by atoms with Crippen LogP contribution in [0.3, 0.4) is 0 Å². The standard InChI is InChI=1S/C11H11N3O6S/c1-11(3-2-6-12-5-13-20-6)9(10(16)17)14-7(15)4-8(14)21(11,18)19/h2-3,5,8-9H,4H2,1H3,(H,16,17)/b3-2+/t8-,9+,11+/m1/s1. The van der Waals surface area contributed by atoms with E-state index in [4.69, 9.17) is 4.52 Å². The molecule has 9 nitrogen and oxygen atoms in total. The molecule has 0 spiro atoms. The number of carboxylic acids is 1. The molecule has 10 heteroatoms. The van der Waals surface area contributed by atoms with E-state index in [1.54, 1.807) is 0 Å². The van der Waals surface area contributed by atoms with E-state index in [0.29, 0.717) is 0 Å². The molecule has 1 N–H and O–H groups in total. The van der Waals surface area contributed by atoms with Crippen molar-refractivity contribution in [2.45, 2.75) is 29.5 Å². The molecule has 21 heavy (non-hydrogen) atoms. The van der Waals surface area contributed by atoms with E-state index < -0.39 is 37.9 Å². The van der Waals surface area contributed by atoms with Crippen molar-refractivity contribution in [1.29, 1.82) is 0 Å². The molecule has 0 aromatic carbocycles. The number of carboxylic acid groups (broad SMARTS) is 1.